The van der Waals surface area contributed by atoms with E-state index in [0.717, 1.165) is 16.8 Å². The quantitative estimate of drug-likeness (QED) is 0.666. The molecule has 3 aromatic rings. The Kier molecular flexibility index (Phi) is 4.77. The molecule has 0 spiro atoms. The van der Waals surface area contributed by atoms with Crippen LogP contribution in [0.1, 0.15) is 44.4 Å². The predicted octanol–water partition coefficient (Wildman–Crippen LogP) is 3.64. The Morgan fingerprint density at radius 1 is 1.31 bits per heavy atom. The number of anilines is 1. The van der Waals surface area contributed by atoms with Crippen molar-refractivity contribution in [1.29, 1.82) is 0 Å². The van der Waals surface area contributed by atoms with Gasteiger partial charge in [-0.25, -0.2) is 9.67 Å². The molecular formula is C21H25N5O2S. The van der Waals surface area contributed by atoms with E-state index in [1.54, 1.807) is 15.4 Å². The maximum absolute atomic E-state index is 13.1. The molecule has 29 heavy (non-hydrogen) atoms. The monoisotopic (exact) mass is 411 g/mol. The summed E-state index contributed by atoms with van der Waals surface area (Å²) in [5.74, 6) is 0.549. The topological polar surface area (TPSA) is 81.8 Å². The van der Waals surface area contributed by atoms with Crippen molar-refractivity contribution in [2.45, 2.75) is 57.8 Å². The van der Waals surface area contributed by atoms with Gasteiger partial charge in [0.25, 0.3) is 5.56 Å². The van der Waals surface area contributed by atoms with Gasteiger partial charge in [0.1, 0.15) is 5.39 Å². The van der Waals surface area contributed by atoms with Crippen molar-refractivity contribution in [2.75, 3.05) is 11.1 Å². The van der Waals surface area contributed by atoms with Crippen LogP contribution < -0.4 is 10.9 Å². The lowest BCUT2D eigenvalue weighted by atomic mass is 10.1. The number of aryl methyl sites for hydroxylation is 1. The maximum atomic E-state index is 13.1. The lowest BCUT2D eigenvalue weighted by Gasteiger charge is -2.20. The summed E-state index contributed by atoms with van der Waals surface area (Å²) in [5, 5.41) is 8.51. The Bertz CT molecular complexity index is 1170. The van der Waals surface area contributed by atoms with Gasteiger partial charge in [-0.2, -0.15) is 5.10 Å². The molecule has 3 heterocycles. The zero-order chi connectivity index (χ0) is 20.9. The second-order valence-corrected chi connectivity index (χ2v) is 9.49. The van der Waals surface area contributed by atoms with Gasteiger partial charge in [-0.05, 0) is 51.8 Å². The van der Waals surface area contributed by atoms with Crippen molar-refractivity contribution in [3.8, 4) is 0 Å². The van der Waals surface area contributed by atoms with Crippen LogP contribution in [-0.2, 0) is 10.3 Å². The molecule has 1 aliphatic heterocycles. The van der Waals surface area contributed by atoms with Gasteiger partial charge in [-0.1, -0.05) is 23.9 Å². The molecule has 4 rings (SSSR count). The molecule has 0 fully saturated rings. The Hall–Kier alpha value is -2.61. The maximum Gasteiger partial charge on any atom is 0.265 e. The van der Waals surface area contributed by atoms with Gasteiger partial charge in [-0.15, -0.1) is 0 Å². The molecule has 0 bridgehead atoms. The predicted molar refractivity (Wildman–Crippen MR) is 116 cm³/mol. The molecule has 2 aromatic heterocycles. The van der Waals surface area contributed by atoms with Crippen LogP contribution in [0.25, 0.3) is 11.0 Å². The molecule has 152 valence electrons. The van der Waals surface area contributed by atoms with Gasteiger partial charge in [0, 0.05) is 17.9 Å². The second-order valence-electron chi connectivity index (χ2n) is 8.50. The number of aromatic nitrogens is 4. The fourth-order valence-electron chi connectivity index (χ4n) is 3.57. The molecule has 1 unspecified atom stereocenters. The van der Waals surface area contributed by atoms with Gasteiger partial charge in [0.2, 0.25) is 5.91 Å². The minimum absolute atomic E-state index is 0.102. The van der Waals surface area contributed by atoms with E-state index >= 15 is 0 Å². The minimum Gasteiger partial charge on any atom is -0.326 e. The van der Waals surface area contributed by atoms with E-state index in [1.165, 1.54) is 11.8 Å². The average molecular weight is 412 g/mol. The fraction of sp³-hybridized carbons (Fsp3) is 0.429. The van der Waals surface area contributed by atoms with Crippen LogP contribution >= 0.6 is 11.8 Å². The van der Waals surface area contributed by atoms with Crippen molar-refractivity contribution in [1.82, 2.24) is 19.3 Å². The summed E-state index contributed by atoms with van der Waals surface area (Å²) in [6.07, 6.45) is 1.81. The molecule has 1 aromatic carbocycles. The highest BCUT2D eigenvalue weighted by molar-refractivity contribution is 7.99. The number of hydrogen-bond acceptors (Lipinski definition) is 5. The first-order chi connectivity index (χ1) is 13.7. The molecule has 1 aliphatic rings. The summed E-state index contributed by atoms with van der Waals surface area (Å²) in [5.41, 5.74) is 3.19. The lowest BCUT2D eigenvalue weighted by Crippen LogP contribution is -2.29. The molecule has 0 aliphatic carbocycles. The Balaban J connectivity index is 1.62. The smallest absolute Gasteiger partial charge is 0.265 e. The van der Waals surface area contributed by atoms with Crippen molar-refractivity contribution in [3.05, 3.63) is 45.9 Å². The van der Waals surface area contributed by atoms with Gasteiger partial charge >= 0.3 is 0 Å². The van der Waals surface area contributed by atoms with Gasteiger partial charge < -0.3 is 5.32 Å². The number of benzene rings is 1. The van der Waals surface area contributed by atoms with Crippen molar-refractivity contribution >= 4 is 34.4 Å². The second kappa shape index (κ2) is 7.02. The Morgan fingerprint density at radius 3 is 2.79 bits per heavy atom. The molecular weight excluding hydrogens is 386 g/mol. The highest BCUT2D eigenvalue weighted by Crippen LogP contribution is 2.34. The largest absolute Gasteiger partial charge is 0.326 e. The molecule has 0 saturated carbocycles. The molecule has 0 saturated heterocycles. The van der Waals surface area contributed by atoms with Crippen LogP contribution in [0, 0.1) is 13.8 Å². The number of carbonyl (C=O) groups excluding carboxylic acids is 1. The SMILES string of the molecule is Cc1cccc(NC(=O)CC2CSc3nc4c(cnn4C(C)(C)C)c(=O)n32)c1C. The standard InChI is InChI=1S/C21H25N5O2S/c1-12-7-6-8-16(13(12)2)23-17(27)9-14-11-29-20-24-18-15(19(28)25(14)20)10-22-26(18)21(3,4)5/h6-8,10,14H,9,11H2,1-5H3,(H,23,27). The van der Waals surface area contributed by atoms with E-state index in [4.69, 9.17) is 4.98 Å². The summed E-state index contributed by atoms with van der Waals surface area (Å²) in [7, 11) is 0. The minimum atomic E-state index is -0.270. The molecule has 1 N–H and O–H groups in total. The van der Waals surface area contributed by atoms with Crippen LogP contribution in [-0.4, -0.2) is 31.0 Å². The third kappa shape index (κ3) is 3.46. The van der Waals surface area contributed by atoms with Crippen molar-refractivity contribution in [2.24, 2.45) is 0 Å². The molecule has 7 nitrogen and oxygen atoms in total. The first-order valence-corrected chi connectivity index (χ1v) is 10.6. The van der Waals surface area contributed by atoms with E-state index in [9.17, 15) is 9.59 Å². The summed E-state index contributed by atoms with van der Waals surface area (Å²) in [6.45, 7) is 10.1. The molecule has 1 atom stereocenters. The van der Waals surface area contributed by atoms with Crippen LogP contribution in [0.5, 0.6) is 0 Å². The zero-order valence-electron chi connectivity index (χ0n) is 17.3. The van der Waals surface area contributed by atoms with Crippen LogP contribution in [0.3, 0.4) is 0 Å². The number of fused-ring (bicyclic) bond motifs is 2. The number of nitrogens with one attached hydrogen (secondary N) is 1. The fourth-order valence-corrected chi connectivity index (χ4v) is 4.70. The van der Waals surface area contributed by atoms with Crippen molar-refractivity contribution in [3.63, 3.8) is 0 Å². The number of nitrogens with zero attached hydrogens (tertiary/aromatic N) is 4. The van der Waals surface area contributed by atoms with Crippen LogP contribution in [0.15, 0.2) is 34.3 Å². The number of rotatable bonds is 3. The number of carbonyl (C=O) groups is 1. The van der Waals surface area contributed by atoms with Gasteiger partial charge in [0.15, 0.2) is 10.8 Å². The van der Waals surface area contributed by atoms with E-state index in [0.29, 0.717) is 21.9 Å². The first-order valence-electron chi connectivity index (χ1n) is 9.66. The summed E-state index contributed by atoms with van der Waals surface area (Å²) < 4.78 is 3.44. The van der Waals surface area contributed by atoms with E-state index in [2.05, 4.69) is 10.4 Å². The number of thioether (sulfide) groups is 1. The van der Waals surface area contributed by atoms with E-state index in [-0.39, 0.29) is 29.5 Å². The highest BCUT2D eigenvalue weighted by atomic mass is 32.2. The first kappa shape index (κ1) is 19.7. The zero-order valence-corrected chi connectivity index (χ0v) is 18.1. The molecule has 0 radical (unpaired) electrons. The molecule has 8 heteroatoms. The average Bonchev–Trinajstić information content (AvgIpc) is 3.24. The van der Waals surface area contributed by atoms with Gasteiger partial charge in [-0.3, -0.25) is 14.2 Å². The lowest BCUT2D eigenvalue weighted by molar-refractivity contribution is -0.116. The molecule has 1 amide bonds. The third-order valence-corrected chi connectivity index (χ3v) is 6.40. The Labute approximate surface area is 173 Å². The van der Waals surface area contributed by atoms with Crippen LogP contribution in [0.2, 0.25) is 0 Å². The number of amides is 1. The van der Waals surface area contributed by atoms with Crippen molar-refractivity contribution < 1.29 is 4.79 Å². The summed E-state index contributed by atoms with van der Waals surface area (Å²) in [6, 6.07) is 5.62. The number of hydrogen-bond donors (Lipinski definition) is 1. The normalized spacial score (nSPS) is 16.2. The van der Waals surface area contributed by atoms with E-state index < -0.39 is 0 Å². The summed E-state index contributed by atoms with van der Waals surface area (Å²) in [4.78, 5) is 30.5. The van der Waals surface area contributed by atoms with Gasteiger partial charge in [0.05, 0.1) is 17.8 Å². The third-order valence-electron chi connectivity index (χ3n) is 5.31. The summed E-state index contributed by atoms with van der Waals surface area (Å²) >= 11 is 1.51. The Morgan fingerprint density at radius 2 is 2.07 bits per heavy atom. The van der Waals surface area contributed by atoms with E-state index in [1.807, 2.05) is 52.8 Å². The highest BCUT2D eigenvalue weighted by Gasteiger charge is 2.30. The van der Waals surface area contributed by atoms with Crippen LogP contribution in [0.4, 0.5) is 5.69 Å².